The highest BCUT2D eigenvalue weighted by Crippen LogP contribution is 2.25. The third-order valence-corrected chi connectivity index (χ3v) is 4.38. The van der Waals surface area contributed by atoms with Crippen molar-refractivity contribution in [2.24, 2.45) is 7.05 Å². The maximum atomic E-state index is 13.0. The van der Waals surface area contributed by atoms with Crippen molar-refractivity contribution in [2.75, 3.05) is 7.11 Å². The molecule has 0 atom stereocenters. The monoisotopic (exact) mass is 388 g/mol. The Kier molecular flexibility index (Phi) is 5.11. The van der Waals surface area contributed by atoms with Gasteiger partial charge in [0, 0.05) is 28.2 Å². The highest BCUT2D eigenvalue weighted by Gasteiger charge is 2.24. The summed E-state index contributed by atoms with van der Waals surface area (Å²) in [6.07, 6.45) is 0. The van der Waals surface area contributed by atoms with Gasteiger partial charge in [0.2, 0.25) is 5.43 Å². The highest BCUT2D eigenvalue weighted by atomic mass is 35.5. The zero-order valence-corrected chi connectivity index (χ0v) is 15.5. The molecule has 1 heterocycles. The average Bonchev–Trinajstić information content (AvgIpc) is 2.64. The van der Waals surface area contributed by atoms with E-state index in [4.69, 9.17) is 27.9 Å². The number of aromatic nitrogens is 2. The zero-order chi connectivity index (χ0) is 18.8. The van der Waals surface area contributed by atoms with Gasteiger partial charge in [-0.05, 0) is 24.3 Å². The van der Waals surface area contributed by atoms with E-state index in [2.05, 4.69) is 5.10 Å². The average molecular weight is 389 g/mol. The van der Waals surface area contributed by atoms with Crippen molar-refractivity contribution in [2.45, 2.75) is 0 Å². The normalized spacial score (nSPS) is 10.6. The van der Waals surface area contributed by atoms with Crippen LogP contribution in [0.4, 0.5) is 0 Å². The molecule has 1 aromatic heterocycles. The number of esters is 1. The smallest absolute Gasteiger partial charge is 0.344 e. The molecule has 0 unspecified atom stereocenters. The Balaban J connectivity index is 2.31. The largest absolute Gasteiger partial charge is 0.465 e. The number of halogens is 2. The van der Waals surface area contributed by atoms with Gasteiger partial charge in [0.05, 0.1) is 12.8 Å². The lowest BCUT2D eigenvalue weighted by atomic mass is 10.0. The molecule has 0 aliphatic carbocycles. The van der Waals surface area contributed by atoms with E-state index in [0.717, 1.165) is 0 Å². The number of hydrogen-bond acceptors (Lipinski definition) is 4. The van der Waals surface area contributed by atoms with E-state index in [0.29, 0.717) is 26.9 Å². The maximum Gasteiger partial charge on any atom is 0.344 e. The van der Waals surface area contributed by atoms with Gasteiger partial charge in [-0.1, -0.05) is 47.5 Å². The summed E-state index contributed by atoms with van der Waals surface area (Å²) in [6, 6.07) is 13.4. The molecular formula is C19H14Cl2N2O3. The number of hydrogen-bond donors (Lipinski definition) is 0. The number of benzene rings is 2. The molecule has 0 fully saturated rings. The van der Waals surface area contributed by atoms with Crippen LogP contribution in [-0.4, -0.2) is 22.9 Å². The van der Waals surface area contributed by atoms with Crippen LogP contribution in [0.2, 0.25) is 10.0 Å². The van der Waals surface area contributed by atoms with Crippen LogP contribution in [0.3, 0.4) is 0 Å². The van der Waals surface area contributed by atoms with Gasteiger partial charge >= 0.3 is 5.97 Å². The summed E-state index contributed by atoms with van der Waals surface area (Å²) in [4.78, 5) is 25.4. The first-order valence-electron chi connectivity index (χ1n) is 7.64. The molecule has 0 radical (unpaired) electrons. The van der Waals surface area contributed by atoms with Crippen molar-refractivity contribution in [3.63, 3.8) is 0 Å². The number of rotatable bonds is 3. The second kappa shape index (κ2) is 7.32. The summed E-state index contributed by atoms with van der Waals surface area (Å²) >= 11 is 11.8. The fourth-order valence-electron chi connectivity index (χ4n) is 2.66. The minimum absolute atomic E-state index is 0.0859. The van der Waals surface area contributed by atoms with E-state index in [1.54, 1.807) is 55.6 Å². The Bertz CT molecular complexity index is 1030. The minimum atomic E-state index is -0.729. The molecule has 26 heavy (non-hydrogen) atoms. The third-order valence-electron chi connectivity index (χ3n) is 3.88. The van der Waals surface area contributed by atoms with E-state index in [1.165, 1.54) is 11.8 Å². The zero-order valence-electron chi connectivity index (χ0n) is 14.0. The first kappa shape index (κ1) is 18.2. The van der Waals surface area contributed by atoms with Crippen LogP contribution in [0, 0.1) is 0 Å². The standard InChI is InChI=1S/C19H14Cl2N2O3/c1-23-17(12-5-9-14(21)10-6-12)15(19(25)26-2)18(24)16(22-23)11-3-7-13(20)8-4-11/h3-10H,1-2H3. The molecule has 0 saturated heterocycles. The molecule has 0 spiro atoms. The summed E-state index contributed by atoms with van der Waals surface area (Å²) in [6.45, 7) is 0. The number of carbonyl (C=O) groups is 1. The van der Waals surface area contributed by atoms with E-state index in [-0.39, 0.29) is 11.3 Å². The van der Waals surface area contributed by atoms with Crippen LogP contribution in [0.25, 0.3) is 22.5 Å². The summed E-state index contributed by atoms with van der Waals surface area (Å²) in [7, 11) is 2.89. The first-order valence-corrected chi connectivity index (χ1v) is 8.39. The SMILES string of the molecule is COC(=O)c1c(-c2ccc(Cl)cc2)n(C)nc(-c2ccc(Cl)cc2)c1=O. The van der Waals surface area contributed by atoms with Crippen molar-refractivity contribution in [3.05, 3.63) is 74.4 Å². The topological polar surface area (TPSA) is 61.2 Å². The molecule has 5 nitrogen and oxygen atoms in total. The maximum absolute atomic E-state index is 13.0. The second-order valence-corrected chi connectivity index (χ2v) is 6.40. The summed E-state index contributed by atoms with van der Waals surface area (Å²) < 4.78 is 6.33. The van der Waals surface area contributed by atoms with Gasteiger partial charge in [0.25, 0.3) is 0 Å². The molecule has 0 aliphatic rings. The van der Waals surface area contributed by atoms with Gasteiger partial charge in [-0.15, -0.1) is 0 Å². The highest BCUT2D eigenvalue weighted by molar-refractivity contribution is 6.30. The third kappa shape index (κ3) is 3.36. The molecule has 7 heteroatoms. The van der Waals surface area contributed by atoms with Crippen molar-refractivity contribution in [1.29, 1.82) is 0 Å². The van der Waals surface area contributed by atoms with Gasteiger partial charge in [-0.3, -0.25) is 9.48 Å². The first-order chi connectivity index (χ1) is 12.4. The van der Waals surface area contributed by atoms with Crippen LogP contribution in [-0.2, 0) is 11.8 Å². The Hall–Kier alpha value is -2.63. The van der Waals surface area contributed by atoms with Gasteiger partial charge < -0.3 is 4.74 Å². The van der Waals surface area contributed by atoms with Gasteiger partial charge in [0.15, 0.2) is 0 Å². The van der Waals surface area contributed by atoms with Crippen molar-refractivity contribution < 1.29 is 9.53 Å². The van der Waals surface area contributed by atoms with Crippen LogP contribution in [0.1, 0.15) is 10.4 Å². The lowest BCUT2D eigenvalue weighted by molar-refractivity contribution is 0.0599. The van der Waals surface area contributed by atoms with Crippen LogP contribution < -0.4 is 5.43 Å². The van der Waals surface area contributed by atoms with Crippen LogP contribution >= 0.6 is 23.2 Å². The fourth-order valence-corrected chi connectivity index (χ4v) is 2.91. The van der Waals surface area contributed by atoms with Crippen LogP contribution in [0.15, 0.2) is 53.3 Å². The number of carbonyl (C=O) groups excluding carboxylic acids is 1. The summed E-state index contributed by atoms with van der Waals surface area (Å²) in [5.74, 6) is -0.729. The minimum Gasteiger partial charge on any atom is -0.465 e. The lowest BCUT2D eigenvalue weighted by Crippen LogP contribution is -2.25. The molecule has 2 aromatic carbocycles. The molecule has 132 valence electrons. The fraction of sp³-hybridized carbons (Fsp3) is 0.105. The molecular weight excluding hydrogens is 375 g/mol. The Morgan fingerprint density at radius 1 is 0.962 bits per heavy atom. The summed E-state index contributed by atoms with van der Waals surface area (Å²) in [5.41, 5.74) is 1.09. The van der Waals surface area contributed by atoms with Gasteiger partial charge in [-0.25, -0.2) is 4.79 Å². The van der Waals surface area contributed by atoms with Crippen LogP contribution in [0.5, 0.6) is 0 Å². The molecule has 0 N–H and O–H groups in total. The molecule has 0 aliphatic heterocycles. The molecule has 3 aromatic rings. The Morgan fingerprint density at radius 3 is 1.96 bits per heavy atom. The van der Waals surface area contributed by atoms with Crippen molar-refractivity contribution in [3.8, 4) is 22.5 Å². The van der Waals surface area contributed by atoms with E-state index in [9.17, 15) is 9.59 Å². The molecule has 0 amide bonds. The number of ether oxygens (including phenoxy) is 1. The second-order valence-electron chi connectivity index (χ2n) is 5.53. The molecule has 0 bridgehead atoms. The quantitative estimate of drug-likeness (QED) is 0.630. The van der Waals surface area contributed by atoms with E-state index >= 15 is 0 Å². The number of methoxy groups -OCH3 is 1. The van der Waals surface area contributed by atoms with E-state index < -0.39 is 11.4 Å². The van der Waals surface area contributed by atoms with Gasteiger partial charge in [-0.2, -0.15) is 5.10 Å². The van der Waals surface area contributed by atoms with Gasteiger partial charge in [0.1, 0.15) is 11.3 Å². The molecule has 3 rings (SSSR count). The number of aryl methyl sites for hydroxylation is 1. The van der Waals surface area contributed by atoms with Crippen molar-refractivity contribution in [1.82, 2.24) is 9.78 Å². The van der Waals surface area contributed by atoms with Crippen molar-refractivity contribution >= 4 is 29.2 Å². The number of nitrogens with zero attached hydrogens (tertiary/aromatic N) is 2. The summed E-state index contributed by atoms with van der Waals surface area (Å²) in [5, 5.41) is 5.45. The predicted octanol–water partition coefficient (Wildman–Crippen LogP) is 4.21. The molecule has 0 saturated carbocycles. The Labute approximate surface area is 159 Å². The lowest BCUT2D eigenvalue weighted by Gasteiger charge is -2.14. The van der Waals surface area contributed by atoms with E-state index in [1.807, 2.05) is 0 Å². The Morgan fingerprint density at radius 2 is 1.46 bits per heavy atom. The predicted molar refractivity (Wildman–Crippen MR) is 102 cm³/mol.